The van der Waals surface area contributed by atoms with E-state index in [1.54, 1.807) is 57.7 Å². The van der Waals surface area contributed by atoms with Gasteiger partial charge in [0, 0.05) is 94.1 Å². The molecule has 0 unspecified atom stereocenters. The van der Waals surface area contributed by atoms with E-state index in [1.165, 1.54) is 0 Å². The van der Waals surface area contributed by atoms with E-state index >= 15 is 0 Å². The van der Waals surface area contributed by atoms with Crippen LogP contribution in [0.15, 0.2) is 427 Å². The maximum absolute atomic E-state index is 10.5. The number of para-hydroxylation sites is 5. The van der Waals surface area contributed by atoms with Crippen molar-refractivity contribution < 1.29 is 32.8 Å². The number of anilines is 6. The number of benzene rings is 19. The number of aromatic nitrogens is 2. The molecule has 0 amide bonds. The summed E-state index contributed by atoms with van der Waals surface area (Å²) < 4.78 is 165. The molecule has 0 radical (unpaired) electrons. The molecular weight excluding hydrogens is 1520 g/mol. The normalized spacial score (nSPS) is 14.7. The first-order valence-corrected chi connectivity index (χ1v) is 42.0. The monoisotopic (exact) mass is 1610 g/mol. The minimum Gasteiger partial charge on any atom is -0.457 e. The zero-order valence-corrected chi connectivity index (χ0v) is 67.3. The quantitative estimate of drug-likeness (QED) is 0.121. The number of fused-ring (bicyclic) bond motifs is 18. The second-order valence-corrected chi connectivity index (χ2v) is 33.0. The summed E-state index contributed by atoms with van der Waals surface area (Å²) in [7, 11) is 0. The second kappa shape index (κ2) is 27.4. The fourth-order valence-electron chi connectivity index (χ4n) is 20.0. The highest BCUT2D eigenvalue weighted by atomic mass is 16.5. The van der Waals surface area contributed by atoms with E-state index in [9.17, 15) is 19.2 Å². The first-order valence-electron chi connectivity index (χ1n) is 49.0. The predicted octanol–water partition coefficient (Wildman–Crippen LogP) is 29.9. The first kappa shape index (κ1) is 57.9. The molecule has 3 aliphatic rings. The summed E-state index contributed by atoms with van der Waals surface area (Å²) in [5.74, 6) is 1.42. The molecule has 3 aliphatic heterocycles. The van der Waals surface area contributed by atoms with E-state index in [1.807, 2.05) is 158 Å². The molecule has 7 heterocycles. The molecule has 7 nitrogen and oxygen atoms in total. The van der Waals surface area contributed by atoms with Gasteiger partial charge in [-0.25, -0.2) is 0 Å². The molecule has 26 rings (SSSR count). The highest BCUT2D eigenvalue weighted by Gasteiger charge is 2.47. The number of hydrogen-bond donors (Lipinski definition) is 0. The molecular formula is C117H75BN4O3. The number of furan rings is 2. The van der Waals surface area contributed by atoms with Crippen molar-refractivity contribution in [1.29, 1.82) is 0 Å². The van der Waals surface area contributed by atoms with Crippen LogP contribution in [0.1, 0.15) is 44.2 Å². The topological polar surface area (TPSA) is 51.9 Å². The zero-order chi connectivity index (χ0) is 94.5. The van der Waals surface area contributed by atoms with E-state index in [0.29, 0.717) is 95.6 Å². The Labute approximate surface area is 741 Å². The molecule has 0 aliphatic carbocycles. The minimum absolute atomic E-state index is 0.00111. The van der Waals surface area contributed by atoms with Crippen LogP contribution in [0.3, 0.4) is 0 Å². The van der Waals surface area contributed by atoms with Gasteiger partial charge >= 0.3 is 0 Å². The van der Waals surface area contributed by atoms with Crippen LogP contribution in [0, 0.1) is 0 Å². The van der Waals surface area contributed by atoms with Crippen LogP contribution >= 0.6 is 0 Å². The molecule has 23 aromatic rings. The fraction of sp³-hybridized carbons (Fsp3) is 0.0256. The van der Waals surface area contributed by atoms with Crippen LogP contribution < -0.4 is 30.9 Å². The van der Waals surface area contributed by atoms with Gasteiger partial charge in [-0.2, -0.15) is 0 Å². The number of ether oxygens (including phenoxy) is 1. The van der Waals surface area contributed by atoms with Crippen LogP contribution in [0.2, 0.25) is 0 Å². The molecule has 0 spiro atoms. The van der Waals surface area contributed by atoms with Gasteiger partial charge in [0.15, 0.2) is 0 Å². The van der Waals surface area contributed by atoms with Gasteiger partial charge in [0.2, 0.25) is 0 Å². The van der Waals surface area contributed by atoms with Crippen molar-refractivity contribution in [1.82, 2.24) is 9.13 Å². The van der Waals surface area contributed by atoms with Crippen LogP contribution in [-0.4, -0.2) is 15.8 Å². The maximum atomic E-state index is 10.5. The van der Waals surface area contributed by atoms with Gasteiger partial charge in [-0.3, -0.25) is 0 Å². The zero-order valence-electron chi connectivity index (χ0n) is 81.3. The summed E-state index contributed by atoms with van der Waals surface area (Å²) in [6.07, 6.45) is 0. The number of nitrogens with zero attached hydrogens (tertiary/aromatic N) is 4. The van der Waals surface area contributed by atoms with Crippen LogP contribution in [-0.2, 0) is 5.41 Å². The highest BCUT2D eigenvalue weighted by molar-refractivity contribution is 7.00. The van der Waals surface area contributed by atoms with Crippen LogP contribution in [0.25, 0.3) is 177 Å². The summed E-state index contributed by atoms with van der Waals surface area (Å²) >= 11 is 0. The smallest absolute Gasteiger partial charge is 0.252 e. The predicted molar refractivity (Wildman–Crippen MR) is 520 cm³/mol. The lowest BCUT2D eigenvalue weighted by Gasteiger charge is -2.45. The molecule has 4 aromatic heterocycles. The molecule has 19 aromatic carbocycles. The molecule has 584 valence electrons. The molecule has 0 bridgehead atoms. The summed E-state index contributed by atoms with van der Waals surface area (Å²) in [5, 5.41) is 3.16. The third-order valence-electron chi connectivity index (χ3n) is 25.8. The maximum Gasteiger partial charge on any atom is 0.252 e. The summed E-state index contributed by atoms with van der Waals surface area (Å²) in [6, 6.07) is 105. The van der Waals surface area contributed by atoms with Crippen molar-refractivity contribution in [2.24, 2.45) is 0 Å². The van der Waals surface area contributed by atoms with Gasteiger partial charge in [0.05, 0.1) is 63.4 Å². The Bertz CT molecular complexity index is 8850. The molecule has 0 saturated carbocycles. The average molecular weight is 1610 g/mol. The Morgan fingerprint density at radius 2 is 0.680 bits per heavy atom. The molecule has 8 heteroatoms. The molecule has 0 fully saturated rings. The van der Waals surface area contributed by atoms with E-state index in [-0.39, 0.29) is 91.0 Å². The summed E-state index contributed by atoms with van der Waals surface area (Å²) in [4.78, 5) is 4.65. The lowest BCUT2D eigenvalue weighted by atomic mass is 9.33. The van der Waals surface area contributed by atoms with Crippen molar-refractivity contribution in [3.63, 3.8) is 0 Å². The van der Waals surface area contributed by atoms with Crippen LogP contribution in [0.5, 0.6) is 11.5 Å². The Hall–Kier alpha value is -16.2. The molecule has 125 heavy (non-hydrogen) atoms. The van der Waals surface area contributed by atoms with Gasteiger partial charge < -0.3 is 32.5 Å². The Kier molecular flexibility index (Phi) is 12.7. The lowest BCUT2D eigenvalue weighted by molar-refractivity contribution is 0.418. The first-order chi connectivity index (χ1) is 67.6. The van der Waals surface area contributed by atoms with Gasteiger partial charge in [-0.05, 0) is 210 Å². The van der Waals surface area contributed by atoms with Crippen LogP contribution in [0.4, 0.5) is 34.1 Å². The Morgan fingerprint density at radius 3 is 1.17 bits per heavy atom. The minimum atomic E-state index is -0.861. The van der Waals surface area contributed by atoms with Crippen molar-refractivity contribution in [3.8, 4) is 101 Å². The second-order valence-electron chi connectivity index (χ2n) is 33.0. The van der Waals surface area contributed by atoms with Crippen molar-refractivity contribution in [3.05, 3.63) is 429 Å². The summed E-state index contributed by atoms with van der Waals surface area (Å²) in [6.45, 7) is 3.57. The number of hydrogen-bond acceptors (Lipinski definition) is 5. The Balaban J connectivity index is 0.857. The largest absolute Gasteiger partial charge is 0.457 e. The average Bonchev–Trinajstić information content (AvgIpc) is 1.67. The Morgan fingerprint density at radius 1 is 0.280 bits per heavy atom. The third-order valence-corrected chi connectivity index (χ3v) is 25.8. The molecule has 0 atom stereocenters. The fourth-order valence-corrected chi connectivity index (χ4v) is 20.0. The molecule has 0 N–H and O–H groups in total. The molecule has 0 saturated heterocycles. The third kappa shape index (κ3) is 10.8. The van der Waals surface area contributed by atoms with E-state index in [4.69, 9.17) is 13.6 Å². The van der Waals surface area contributed by atoms with Crippen molar-refractivity contribution in [2.75, 3.05) is 9.80 Å². The van der Waals surface area contributed by atoms with Crippen molar-refractivity contribution >= 4 is 145 Å². The van der Waals surface area contributed by atoms with Gasteiger partial charge in [-0.1, -0.05) is 305 Å². The van der Waals surface area contributed by atoms with E-state index < -0.39 is 60.5 Å². The highest BCUT2D eigenvalue weighted by Crippen LogP contribution is 2.57. The van der Waals surface area contributed by atoms with E-state index in [0.717, 1.165) is 99.5 Å². The SMILES string of the molecule is [2H]c1c([2H])c([2H])c2c(c1[2H])c1c([2H])c(-c3ccccc3)c([2H])c([2H])c1n2-c1ccc2c(c1)N(c1c(-c3ccc(-c4ccccc4)cc3)ccc3oc4ccccc4c13)c1cc(-c3ccc4c(c3)C(C)(C)c3ccccc3O4)cc3c1B2c1ccc(-n2c4c([2H])c([2H])c([2H])c([2H])c4c4c([2H])c(-c5ccccc5)c([2H])c([2H])c42)cc1N3c1c(-c2ccc(-c3ccccc3)cc2)ccc2oc3ccccc3c12. The van der Waals surface area contributed by atoms with Gasteiger partial charge in [0.25, 0.3) is 6.71 Å². The lowest BCUT2D eigenvalue weighted by Crippen LogP contribution is -2.61. The number of rotatable bonds is 11. The van der Waals surface area contributed by atoms with Crippen molar-refractivity contribution in [2.45, 2.75) is 19.3 Å². The summed E-state index contributed by atoms with van der Waals surface area (Å²) in [5.41, 5.74) is 20.2. The van der Waals surface area contributed by atoms with Gasteiger partial charge in [-0.15, -0.1) is 0 Å². The van der Waals surface area contributed by atoms with E-state index in [2.05, 4.69) is 151 Å². The van der Waals surface area contributed by atoms with Gasteiger partial charge in [0.1, 0.15) is 33.8 Å². The standard InChI is InChI=1S/C117H75BN4O3/c1-117(2)94-37-19-24-42-108(94)125-109-62-53-82(67-95(109)117)83-68-104-114-105(69-83)122(116-87(57-64-111-113(116)91-36-18-23-41-107(91)124-111)79-49-45-77(46-50-79)73-27-9-4-10-28-73)103-71-85(120-99-39-21-16-34-89(99)93-66-81(52-61-101(93)120)75-31-13-6-14-32-75)55-59-97(103)118(114)96-58-54-84(119-98-38-20-15-33-88(98)92-65-80(51-60-100(92)119)74-29-11-5-12-30-74)70-102(96)121(104)115-86(56-63-110-112(115)90-35-17-22-40-106(90)123-110)78-47-43-76(44-48-78)72-25-7-3-8-26-72/h3-71H,1-2H3/i15D,16D,20D,21D,33D,34D,38D,39D,51D,52D,60D,61D,65D,66D.